The molecule has 19 atom stereocenters. The molecule has 0 aromatic heterocycles. The van der Waals surface area contributed by atoms with Crippen LogP contribution in [0, 0.1) is 5.92 Å². The highest BCUT2D eigenvalue weighted by molar-refractivity contribution is 5.80. The van der Waals surface area contributed by atoms with Gasteiger partial charge in [0.2, 0.25) is 5.91 Å². The van der Waals surface area contributed by atoms with Gasteiger partial charge in [-0.05, 0) is 18.8 Å². The van der Waals surface area contributed by atoms with E-state index in [0.29, 0.717) is 18.8 Å². The smallest absolute Gasteiger partial charge is 0.249 e. The fraction of sp³-hybridized carbons (Fsp3) is 0.983. The second-order valence-corrected chi connectivity index (χ2v) is 24.0. The number of rotatable bonds is 49. The highest BCUT2D eigenvalue weighted by atomic mass is 16.8. The number of carbonyl (C=O) groups excluding carboxylic acids is 1. The zero-order chi connectivity index (χ0) is 59.5. The number of unbranched alkanes of at least 4 members (excludes halogenated alkanes) is 27. The Kier molecular flexibility index (Phi) is 39.6. The summed E-state index contributed by atoms with van der Waals surface area (Å²) in [5.41, 5.74) is 0. The first kappa shape index (κ1) is 74.0. The molecule has 3 fully saturated rings. The van der Waals surface area contributed by atoms with Crippen molar-refractivity contribution >= 4 is 5.91 Å². The average molecular weight is 1170 g/mol. The third kappa shape index (κ3) is 27.5. The molecule has 3 aliphatic heterocycles. The van der Waals surface area contributed by atoms with E-state index in [4.69, 9.17) is 28.4 Å². The monoisotopic (exact) mass is 1170 g/mol. The summed E-state index contributed by atoms with van der Waals surface area (Å²) in [5, 5.41) is 142. The van der Waals surface area contributed by atoms with Crippen LogP contribution in [0.5, 0.6) is 0 Å². The average Bonchev–Trinajstić information content (AvgIpc) is 4.10. The standard InChI is InChI=1S/C60H115NO20/c1-4-5-6-7-8-9-10-11-12-13-14-15-16-17-18-19-22-26-29-32-35-43(66)57(75)61-41(47(69)42(65)34-31-28-25-23-20-21-24-27-30-33-40(2)3)39-76-58-52(74)55(48(70)46(38-64)77-58)80-60-56(51(73)54(79-60)45(68)37-63)81-59-50(72)49(71)53(78-59)44(67)36-62/h40-56,58-60,62-74H,4-39H2,1-3H3,(H,61,75). The van der Waals surface area contributed by atoms with Crippen LogP contribution in [0.4, 0.5) is 0 Å². The zero-order valence-electron chi connectivity index (χ0n) is 49.7. The minimum atomic E-state index is -1.96. The van der Waals surface area contributed by atoms with Crippen molar-refractivity contribution in [2.24, 2.45) is 5.92 Å². The normalized spacial score (nSPS) is 29.3. The van der Waals surface area contributed by atoms with Gasteiger partial charge in [0.25, 0.3) is 0 Å². The molecular formula is C60H115NO20. The van der Waals surface area contributed by atoms with Crippen LogP contribution < -0.4 is 5.32 Å². The lowest BCUT2D eigenvalue weighted by molar-refractivity contribution is -0.338. The van der Waals surface area contributed by atoms with Crippen molar-refractivity contribution in [3.8, 4) is 0 Å². The molecule has 0 spiro atoms. The lowest BCUT2D eigenvalue weighted by Crippen LogP contribution is -2.62. The van der Waals surface area contributed by atoms with Crippen molar-refractivity contribution in [3.05, 3.63) is 0 Å². The predicted octanol–water partition coefficient (Wildman–Crippen LogP) is 4.18. The van der Waals surface area contributed by atoms with Gasteiger partial charge in [0.05, 0.1) is 38.6 Å². The quantitative estimate of drug-likeness (QED) is 0.0380. The van der Waals surface area contributed by atoms with E-state index in [9.17, 15) is 71.2 Å². The molecule has 3 heterocycles. The molecule has 0 bridgehead atoms. The van der Waals surface area contributed by atoms with E-state index in [2.05, 4.69) is 26.1 Å². The minimum Gasteiger partial charge on any atom is -0.394 e. The van der Waals surface area contributed by atoms with Crippen LogP contribution in [0.3, 0.4) is 0 Å². The molecular weight excluding hydrogens is 1050 g/mol. The van der Waals surface area contributed by atoms with Gasteiger partial charge in [-0.15, -0.1) is 0 Å². The van der Waals surface area contributed by atoms with Gasteiger partial charge in [0.15, 0.2) is 18.9 Å². The Balaban J connectivity index is 1.57. The van der Waals surface area contributed by atoms with Crippen LogP contribution >= 0.6 is 0 Å². The van der Waals surface area contributed by atoms with Gasteiger partial charge in [-0.25, -0.2) is 0 Å². The Morgan fingerprint density at radius 2 is 0.889 bits per heavy atom. The maximum absolute atomic E-state index is 13.6. The summed E-state index contributed by atoms with van der Waals surface area (Å²) in [4.78, 5) is 13.6. The third-order valence-corrected chi connectivity index (χ3v) is 16.5. The molecule has 19 unspecified atom stereocenters. The molecule has 3 aliphatic rings. The summed E-state index contributed by atoms with van der Waals surface area (Å²) in [6.45, 7) is 3.49. The predicted molar refractivity (Wildman–Crippen MR) is 303 cm³/mol. The van der Waals surface area contributed by atoms with Crippen molar-refractivity contribution in [3.63, 3.8) is 0 Å². The molecule has 0 aliphatic carbocycles. The van der Waals surface area contributed by atoms with E-state index in [1.165, 1.54) is 128 Å². The van der Waals surface area contributed by atoms with Crippen molar-refractivity contribution in [2.75, 3.05) is 26.4 Å². The number of aliphatic hydroxyl groups is 13. The first-order valence-corrected chi connectivity index (χ1v) is 31.8. The molecule has 1 amide bonds. The summed E-state index contributed by atoms with van der Waals surface area (Å²) < 4.78 is 34.6. The Hall–Kier alpha value is -1.29. The summed E-state index contributed by atoms with van der Waals surface area (Å²) in [6.07, 6.45) is 4.75. The first-order valence-electron chi connectivity index (χ1n) is 31.8. The molecule has 81 heavy (non-hydrogen) atoms. The van der Waals surface area contributed by atoms with Crippen molar-refractivity contribution in [2.45, 2.75) is 343 Å². The number of hydrogen-bond acceptors (Lipinski definition) is 20. The fourth-order valence-electron chi connectivity index (χ4n) is 11.2. The van der Waals surface area contributed by atoms with E-state index >= 15 is 0 Å². The number of nitrogens with one attached hydrogen (secondary N) is 1. The highest BCUT2D eigenvalue weighted by Gasteiger charge is 2.56. The van der Waals surface area contributed by atoms with Gasteiger partial charge in [-0.2, -0.15) is 0 Å². The van der Waals surface area contributed by atoms with E-state index < -0.39 is 149 Å². The Morgan fingerprint density at radius 1 is 0.469 bits per heavy atom. The maximum Gasteiger partial charge on any atom is 0.249 e. The van der Waals surface area contributed by atoms with Crippen LogP contribution in [0.15, 0.2) is 0 Å². The van der Waals surface area contributed by atoms with Crippen LogP contribution in [0.2, 0.25) is 0 Å². The second-order valence-electron chi connectivity index (χ2n) is 24.0. The number of ether oxygens (including phenoxy) is 6. The second kappa shape index (κ2) is 43.4. The van der Waals surface area contributed by atoms with E-state index in [0.717, 1.165) is 51.4 Å². The Labute approximate surface area is 484 Å². The van der Waals surface area contributed by atoms with Crippen LogP contribution in [0.25, 0.3) is 0 Å². The van der Waals surface area contributed by atoms with Crippen molar-refractivity contribution in [1.29, 1.82) is 0 Å². The molecule has 21 heteroatoms. The summed E-state index contributed by atoms with van der Waals surface area (Å²) in [7, 11) is 0. The Morgan fingerprint density at radius 3 is 1.35 bits per heavy atom. The molecule has 0 aromatic carbocycles. The molecule has 480 valence electrons. The van der Waals surface area contributed by atoms with Gasteiger partial charge in [0.1, 0.15) is 85.5 Å². The van der Waals surface area contributed by atoms with E-state index in [1.54, 1.807) is 0 Å². The van der Waals surface area contributed by atoms with E-state index in [1.807, 2.05) is 0 Å². The SMILES string of the molecule is CCCCCCCCCCCCCCCCCCCCCCC(O)C(=O)NC(COC1OC(CO)C(O)C(OC2OC(C(O)CO)C(O)C2OC2OC(C(O)CO)C(O)C2O)C1O)C(O)C(O)CCCCCCCCCCCC(C)C. The molecule has 3 saturated heterocycles. The summed E-state index contributed by atoms with van der Waals surface area (Å²) in [5.74, 6) is -0.0955. The largest absolute Gasteiger partial charge is 0.394 e. The maximum atomic E-state index is 13.6. The number of hydrogen-bond donors (Lipinski definition) is 14. The topological polar surface area (TPSA) is 347 Å². The first-order chi connectivity index (χ1) is 39.0. The van der Waals surface area contributed by atoms with Crippen LogP contribution in [-0.4, -0.2) is 215 Å². The van der Waals surface area contributed by atoms with Gasteiger partial charge in [-0.3, -0.25) is 4.79 Å². The summed E-state index contributed by atoms with van der Waals surface area (Å²) >= 11 is 0. The van der Waals surface area contributed by atoms with Crippen molar-refractivity contribution in [1.82, 2.24) is 5.32 Å². The fourth-order valence-corrected chi connectivity index (χ4v) is 11.2. The lowest BCUT2D eigenvalue weighted by atomic mass is 9.98. The van der Waals surface area contributed by atoms with Gasteiger partial charge >= 0.3 is 0 Å². The van der Waals surface area contributed by atoms with Crippen LogP contribution in [-0.2, 0) is 33.2 Å². The molecule has 14 N–H and O–H groups in total. The Bertz CT molecular complexity index is 1540. The molecule has 0 saturated carbocycles. The summed E-state index contributed by atoms with van der Waals surface area (Å²) in [6, 6.07) is -1.37. The zero-order valence-corrected chi connectivity index (χ0v) is 49.7. The van der Waals surface area contributed by atoms with Gasteiger partial charge in [-0.1, -0.05) is 213 Å². The van der Waals surface area contributed by atoms with Crippen LogP contribution in [0.1, 0.15) is 226 Å². The minimum absolute atomic E-state index is 0.158. The third-order valence-electron chi connectivity index (χ3n) is 16.5. The molecule has 0 radical (unpaired) electrons. The molecule has 3 rings (SSSR count). The number of aliphatic hydroxyl groups excluding tert-OH is 13. The van der Waals surface area contributed by atoms with E-state index in [-0.39, 0.29) is 12.8 Å². The lowest BCUT2D eigenvalue weighted by Gasteiger charge is -2.43. The number of carbonyl (C=O) groups is 1. The highest BCUT2D eigenvalue weighted by Crippen LogP contribution is 2.36. The number of amides is 1. The van der Waals surface area contributed by atoms with Gasteiger partial charge < -0.3 is 100 Å². The molecule has 21 nitrogen and oxygen atoms in total. The molecule has 0 aromatic rings. The van der Waals surface area contributed by atoms with Crippen molar-refractivity contribution < 1.29 is 99.6 Å². The van der Waals surface area contributed by atoms with Gasteiger partial charge in [0, 0.05) is 0 Å².